The molecule has 2 aromatic rings. The van der Waals surface area contributed by atoms with Crippen molar-refractivity contribution in [1.29, 1.82) is 5.26 Å². The Bertz CT molecular complexity index is 738. The number of halogens is 2. The van der Waals surface area contributed by atoms with Crippen LogP contribution in [0.3, 0.4) is 0 Å². The van der Waals surface area contributed by atoms with E-state index in [1.165, 1.54) is 12.1 Å². The molecule has 2 aromatic carbocycles. The maximum atomic E-state index is 13.7. The lowest BCUT2D eigenvalue weighted by Gasteiger charge is -2.09. The van der Waals surface area contributed by atoms with Gasteiger partial charge in [0.2, 0.25) is 0 Å². The summed E-state index contributed by atoms with van der Waals surface area (Å²) in [4.78, 5) is 12.1. The van der Waals surface area contributed by atoms with Crippen LogP contribution in [0.1, 0.15) is 27.0 Å². The molecule has 0 spiro atoms. The first kappa shape index (κ1) is 15.2. The van der Waals surface area contributed by atoms with E-state index < -0.39 is 5.82 Å². The number of nitriles is 1. The molecule has 0 bridgehead atoms. The normalized spacial score (nSPS) is 10.0. The molecule has 0 saturated heterocycles. The molecule has 0 unspecified atom stereocenters. The highest BCUT2D eigenvalue weighted by Gasteiger charge is 2.10. The zero-order valence-electron chi connectivity index (χ0n) is 11.3. The van der Waals surface area contributed by atoms with Gasteiger partial charge in [0.1, 0.15) is 5.82 Å². The molecule has 0 aliphatic heterocycles. The maximum Gasteiger partial charge on any atom is 0.251 e. The van der Waals surface area contributed by atoms with Crippen molar-refractivity contribution in [2.45, 2.75) is 13.5 Å². The minimum atomic E-state index is -0.500. The lowest BCUT2D eigenvalue weighted by molar-refractivity contribution is 0.0950. The molecule has 21 heavy (non-hydrogen) atoms. The molecule has 0 fully saturated rings. The van der Waals surface area contributed by atoms with Crippen LogP contribution < -0.4 is 5.32 Å². The fraction of sp³-hybridized carbons (Fsp3) is 0.125. The Morgan fingerprint density at radius 3 is 2.76 bits per heavy atom. The number of carbonyl (C=O) groups excluding carboxylic acids is 1. The second-order valence-electron chi connectivity index (χ2n) is 4.56. The fourth-order valence-electron chi connectivity index (χ4n) is 1.87. The highest BCUT2D eigenvalue weighted by atomic mass is 79.9. The highest BCUT2D eigenvalue weighted by Crippen LogP contribution is 2.16. The Balaban J connectivity index is 2.11. The van der Waals surface area contributed by atoms with Gasteiger partial charge < -0.3 is 5.32 Å². The number of hydrogen-bond donors (Lipinski definition) is 1. The van der Waals surface area contributed by atoms with Gasteiger partial charge in [0.05, 0.1) is 11.6 Å². The van der Waals surface area contributed by atoms with E-state index in [1.807, 2.05) is 25.1 Å². The van der Waals surface area contributed by atoms with Crippen molar-refractivity contribution in [1.82, 2.24) is 5.32 Å². The molecule has 0 heterocycles. The van der Waals surface area contributed by atoms with Crippen molar-refractivity contribution in [2.75, 3.05) is 0 Å². The number of carbonyl (C=O) groups is 1. The first-order valence-electron chi connectivity index (χ1n) is 6.24. The minimum absolute atomic E-state index is 0.0718. The number of nitrogens with zero attached hydrogens (tertiary/aromatic N) is 1. The third-order valence-electron chi connectivity index (χ3n) is 3.07. The first-order valence-corrected chi connectivity index (χ1v) is 7.03. The van der Waals surface area contributed by atoms with E-state index in [0.717, 1.165) is 16.1 Å². The summed E-state index contributed by atoms with van der Waals surface area (Å²) in [6, 6.07) is 11.5. The summed E-state index contributed by atoms with van der Waals surface area (Å²) in [5, 5.41) is 11.4. The second kappa shape index (κ2) is 6.51. The second-order valence-corrected chi connectivity index (χ2v) is 5.48. The van der Waals surface area contributed by atoms with E-state index in [-0.39, 0.29) is 18.0 Å². The molecule has 2 rings (SSSR count). The van der Waals surface area contributed by atoms with E-state index in [1.54, 1.807) is 6.07 Å². The molecule has 0 aromatic heterocycles. The van der Waals surface area contributed by atoms with Crippen LogP contribution >= 0.6 is 15.9 Å². The summed E-state index contributed by atoms with van der Waals surface area (Å²) in [6.45, 7) is 1.91. The molecule has 0 aliphatic carbocycles. The van der Waals surface area contributed by atoms with Crippen LogP contribution in [-0.4, -0.2) is 5.91 Å². The van der Waals surface area contributed by atoms with Crippen molar-refractivity contribution >= 4 is 21.8 Å². The molecule has 0 aliphatic rings. The largest absolute Gasteiger partial charge is 0.348 e. The predicted octanol–water partition coefficient (Wildman–Crippen LogP) is 3.70. The number of aryl methyl sites for hydroxylation is 1. The Labute approximate surface area is 130 Å². The van der Waals surface area contributed by atoms with Gasteiger partial charge in [-0.1, -0.05) is 28.1 Å². The lowest BCUT2D eigenvalue weighted by Crippen LogP contribution is -2.24. The van der Waals surface area contributed by atoms with Crippen molar-refractivity contribution in [3.63, 3.8) is 0 Å². The molecule has 3 nitrogen and oxygen atoms in total. The van der Waals surface area contributed by atoms with Gasteiger partial charge in [-0.05, 0) is 36.8 Å². The van der Waals surface area contributed by atoms with E-state index in [9.17, 15) is 9.18 Å². The van der Waals surface area contributed by atoms with Crippen LogP contribution in [0.5, 0.6) is 0 Å². The fourth-order valence-corrected chi connectivity index (χ4v) is 2.23. The SMILES string of the molecule is Cc1ccc(Br)cc1C(=O)NCc1ccc(C#N)cc1F. The van der Waals surface area contributed by atoms with Gasteiger partial charge in [-0.2, -0.15) is 5.26 Å². The third kappa shape index (κ3) is 3.67. The zero-order valence-corrected chi connectivity index (χ0v) is 12.9. The number of benzene rings is 2. The van der Waals surface area contributed by atoms with Gasteiger partial charge in [0, 0.05) is 22.1 Å². The average Bonchev–Trinajstić information content (AvgIpc) is 2.48. The van der Waals surface area contributed by atoms with E-state index in [2.05, 4.69) is 21.2 Å². The maximum absolute atomic E-state index is 13.7. The standard InChI is InChI=1S/C16H12BrFN2O/c1-10-2-5-13(17)7-14(10)16(21)20-9-12-4-3-11(8-19)6-15(12)18/h2-7H,9H2,1H3,(H,20,21). The average molecular weight is 347 g/mol. The summed E-state index contributed by atoms with van der Waals surface area (Å²) >= 11 is 3.32. The van der Waals surface area contributed by atoms with E-state index in [0.29, 0.717) is 11.1 Å². The van der Waals surface area contributed by atoms with Gasteiger partial charge >= 0.3 is 0 Å². The smallest absolute Gasteiger partial charge is 0.251 e. The molecule has 0 atom stereocenters. The van der Waals surface area contributed by atoms with Crippen LogP contribution in [0.15, 0.2) is 40.9 Å². The van der Waals surface area contributed by atoms with Gasteiger partial charge in [0.25, 0.3) is 5.91 Å². The van der Waals surface area contributed by atoms with Gasteiger partial charge in [-0.15, -0.1) is 0 Å². The summed E-state index contributed by atoms with van der Waals surface area (Å²) in [5.41, 5.74) is 1.98. The molecule has 5 heteroatoms. The van der Waals surface area contributed by atoms with E-state index >= 15 is 0 Å². The summed E-state index contributed by atoms with van der Waals surface area (Å²) in [6.07, 6.45) is 0. The third-order valence-corrected chi connectivity index (χ3v) is 3.56. The minimum Gasteiger partial charge on any atom is -0.348 e. The molecule has 1 N–H and O–H groups in total. The summed E-state index contributed by atoms with van der Waals surface area (Å²) < 4.78 is 14.5. The van der Waals surface area contributed by atoms with Crippen LogP contribution in [0, 0.1) is 24.1 Å². The van der Waals surface area contributed by atoms with E-state index in [4.69, 9.17) is 5.26 Å². The number of amides is 1. The van der Waals surface area contributed by atoms with Crippen molar-refractivity contribution in [3.05, 3.63) is 68.9 Å². The Kier molecular flexibility index (Phi) is 4.71. The highest BCUT2D eigenvalue weighted by molar-refractivity contribution is 9.10. The van der Waals surface area contributed by atoms with Gasteiger partial charge in [-0.3, -0.25) is 4.79 Å². The lowest BCUT2D eigenvalue weighted by atomic mass is 10.1. The molecular formula is C16H12BrFN2O. The van der Waals surface area contributed by atoms with Crippen molar-refractivity contribution in [2.24, 2.45) is 0 Å². The Morgan fingerprint density at radius 2 is 2.10 bits per heavy atom. The number of rotatable bonds is 3. The van der Waals surface area contributed by atoms with Crippen LogP contribution in [0.25, 0.3) is 0 Å². The van der Waals surface area contributed by atoms with Crippen LogP contribution in [0.2, 0.25) is 0 Å². The zero-order chi connectivity index (χ0) is 15.4. The number of nitrogens with one attached hydrogen (secondary N) is 1. The predicted molar refractivity (Wildman–Crippen MR) is 81.2 cm³/mol. The quantitative estimate of drug-likeness (QED) is 0.921. The number of hydrogen-bond acceptors (Lipinski definition) is 2. The molecule has 0 saturated carbocycles. The molecular weight excluding hydrogens is 335 g/mol. The van der Waals surface area contributed by atoms with Gasteiger partial charge in [-0.25, -0.2) is 4.39 Å². The molecule has 1 amide bonds. The molecule has 0 radical (unpaired) electrons. The Morgan fingerprint density at radius 1 is 1.33 bits per heavy atom. The summed E-state index contributed by atoms with van der Waals surface area (Å²) in [5.74, 6) is -0.766. The van der Waals surface area contributed by atoms with Gasteiger partial charge in [0.15, 0.2) is 0 Å². The summed E-state index contributed by atoms with van der Waals surface area (Å²) in [7, 11) is 0. The van der Waals surface area contributed by atoms with Crippen LogP contribution in [-0.2, 0) is 6.54 Å². The Hall–Kier alpha value is -2.19. The van der Waals surface area contributed by atoms with Crippen molar-refractivity contribution in [3.8, 4) is 6.07 Å². The first-order chi connectivity index (χ1) is 10.0. The topological polar surface area (TPSA) is 52.9 Å². The molecule has 106 valence electrons. The monoisotopic (exact) mass is 346 g/mol. The van der Waals surface area contributed by atoms with Crippen LogP contribution in [0.4, 0.5) is 4.39 Å². The van der Waals surface area contributed by atoms with Crippen molar-refractivity contribution < 1.29 is 9.18 Å².